The van der Waals surface area contributed by atoms with Crippen molar-refractivity contribution in [2.75, 3.05) is 13.2 Å². The van der Waals surface area contributed by atoms with E-state index in [-0.39, 0.29) is 17.3 Å². The average Bonchev–Trinajstić information content (AvgIpc) is 2.68. The van der Waals surface area contributed by atoms with Crippen LogP contribution in [0.5, 0.6) is 0 Å². The Bertz CT molecular complexity index is 933. The molecule has 0 aliphatic carbocycles. The van der Waals surface area contributed by atoms with E-state index in [4.69, 9.17) is 9.15 Å². The molecular formula is C21H21NO4. The highest BCUT2D eigenvalue weighted by Crippen LogP contribution is 2.16. The summed E-state index contributed by atoms with van der Waals surface area (Å²) < 4.78 is 11.3. The molecule has 3 rings (SSSR count). The van der Waals surface area contributed by atoms with E-state index in [1.54, 1.807) is 24.3 Å². The molecule has 134 valence electrons. The number of fused-ring (bicyclic) bond motifs is 1. The van der Waals surface area contributed by atoms with Crippen molar-refractivity contribution < 1.29 is 13.9 Å². The molecule has 1 N–H and O–H groups in total. The maximum absolute atomic E-state index is 12.2. The Hall–Kier alpha value is -2.92. The largest absolute Gasteiger partial charge is 0.451 e. The summed E-state index contributed by atoms with van der Waals surface area (Å²) in [6.07, 6.45) is 0.672. The molecule has 0 aliphatic rings. The van der Waals surface area contributed by atoms with Gasteiger partial charge in [-0.3, -0.25) is 9.59 Å². The molecule has 0 fully saturated rings. The first-order chi connectivity index (χ1) is 12.6. The summed E-state index contributed by atoms with van der Waals surface area (Å²) in [5.41, 5.74) is 1.30. The maximum Gasteiger partial charge on any atom is 0.287 e. The van der Waals surface area contributed by atoms with E-state index in [2.05, 4.69) is 5.32 Å². The fraction of sp³-hybridized carbons (Fsp3) is 0.238. The second-order valence-corrected chi connectivity index (χ2v) is 6.00. The van der Waals surface area contributed by atoms with Crippen molar-refractivity contribution in [1.29, 1.82) is 0 Å². The van der Waals surface area contributed by atoms with Gasteiger partial charge in [0.05, 0.1) is 11.5 Å². The molecule has 0 spiro atoms. The van der Waals surface area contributed by atoms with E-state index in [9.17, 15) is 9.59 Å². The number of hydrogen-bond donors (Lipinski definition) is 1. The lowest BCUT2D eigenvalue weighted by atomic mass is 10.1. The number of para-hydroxylation sites is 1. The van der Waals surface area contributed by atoms with Crippen LogP contribution in [0.15, 0.2) is 69.9 Å². The molecule has 1 heterocycles. The minimum atomic E-state index is -0.399. The van der Waals surface area contributed by atoms with Crippen molar-refractivity contribution >= 4 is 16.9 Å². The van der Waals surface area contributed by atoms with Crippen LogP contribution in [0.3, 0.4) is 0 Å². The molecule has 2 aromatic carbocycles. The van der Waals surface area contributed by atoms with E-state index in [1.165, 1.54) is 6.07 Å². The zero-order valence-corrected chi connectivity index (χ0v) is 14.6. The maximum atomic E-state index is 12.2. The van der Waals surface area contributed by atoms with Gasteiger partial charge < -0.3 is 14.5 Å². The van der Waals surface area contributed by atoms with E-state index < -0.39 is 5.91 Å². The average molecular weight is 351 g/mol. The quantitative estimate of drug-likeness (QED) is 0.659. The van der Waals surface area contributed by atoms with Crippen LogP contribution in [0.4, 0.5) is 0 Å². The van der Waals surface area contributed by atoms with Crippen molar-refractivity contribution in [3.63, 3.8) is 0 Å². The Morgan fingerprint density at radius 1 is 1.12 bits per heavy atom. The Morgan fingerprint density at radius 3 is 2.65 bits per heavy atom. The molecule has 1 unspecified atom stereocenters. The Labute approximate surface area is 151 Å². The number of benzene rings is 2. The first-order valence-electron chi connectivity index (χ1n) is 8.63. The molecule has 1 amide bonds. The minimum Gasteiger partial charge on any atom is -0.451 e. The van der Waals surface area contributed by atoms with Crippen LogP contribution in [0.1, 0.15) is 35.6 Å². The molecule has 26 heavy (non-hydrogen) atoms. The minimum absolute atomic E-state index is 0.00501. The normalized spacial score (nSPS) is 12.0. The third-order valence-corrected chi connectivity index (χ3v) is 4.10. The lowest BCUT2D eigenvalue weighted by molar-refractivity contribution is 0.0633. The van der Waals surface area contributed by atoms with E-state index in [0.29, 0.717) is 30.5 Å². The van der Waals surface area contributed by atoms with Gasteiger partial charge in [0.15, 0.2) is 11.2 Å². The van der Waals surface area contributed by atoms with Crippen molar-refractivity contribution in [3.05, 3.63) is 82.2 Å². The first-order valence-corrected chi connectivity index (χ1v) is 8.63. The fourth-order valence-electron chi connectivity index (χ4n) is 2.66. The molecule has 0 bridgehead atoms. The first kappa shape index (κ1) is 17.9. The number of rotatable bonds is 7. The van der Waals surface area contributed by atoms with Crippen LogP contribution in [-0.4, -0.2) is 19.1 Å². The number of ether oxygens (including phenoxy) is 1. The summed E-state index contributed by atoms with van der Waals surface area (Å²) >= 11 is 0. The predicted octanol–water partition coefficient (Wildman–Crippen LogP) is 3.69. The van der Waals surface area contributed by atoms with Crippen LogP contribution >= 0.6 is 0 Å². The van der Waals surface area contributed by atoms with Gasteiger partial charge in [0.1, 0.15) is 5.58 Å². The van der Waals surface area contributed by atoms with Crippen LogP contribution in [-0.2, 0) is 4.74 Å². The summed E-state index contributed by atoms with van der Waals surface area (Å²) in [4.78, 5) is 24.2. The van der Waals surface area contributed by atoms with Gasteiger partial charge in [0.2, 0.25) is 0 Å². The molecule has 3 aromatic rings. The lowest BCUT2D eigenvalue weighted by Crippen LogP contribution is -2.26. The van der Waals surface area contributed by atoms with Crippen molar-refractivity contribution in [1.82, 2.24) is 5.32 Å². The molecule has 5 heteroatoms. The molecule has 0 radical (unpaired) electrons. The monoisotopic (exact) mass is 351 g/mol. The summed E-state index contributed by atoms with van der Waals surface area (Å²) in [6.45, 7) is 2.96. The van der Waals surface area contributed by atoms with Gasteiger partial charge in [0.25, 0.3) is 5.91 Å². The van der Waals surface area contributed by atoms with E-state index in [0.717, 1.165) is 5.56 Å². The van der Waals surface area contributed by atoms with Crippen LogP contribution in [0, 0.1) is 0 Å². The zero-order valence-electron chi connectivity index (χ0n) is 14.6. The molecule has 5 nitrogen and oxygen atoms in total. The Balaban J connectivity index is 1.48. The number of carbonyl (C=O) groups is 1. The van der Waals surface area contributed by atoms with Crippen LogP contribution < -0.4 is 10.7 Å². The third-order valence-electron chi connectivity index (χ3n) is 4.10. The Kier molecular flexibility index (Phi) is 5.81. The highest BCUT2D eigenvalue weighted by atomic mass is 16.5. The lowest BCUT2D eigenvalue weighted by Gasteiger charge is -2.13. The molecule has 0 saturated heterocycles. The van der Waals surface area contributed by atoms with Gasteiger partial charge in [0, 0.05) is 19.2 Å². The highest BCUT2D eigenvalue weighted by molar-refractivity contribution is 5.93. The summed E-state index contributed by atoms with van der Waals surface area (Å²) in [6, 6.07) is 18.1. The molecule has 0 saturated carbocycles. The van der Waals surface area contributed by atoms with Gasteiger partial charge >= 0.3 is 0 Å². The van der Waals surface area contributed by atoms with Crippen molar-refractivity contribution in [2.24, 2.45) is 0 Å². The Morgan fingerprint density at radius 2 is 1.85 bits per heavy atom. The molecule has 1 atom stereocenters. The molecule has 1 aromatic heterocycles. The summed E-state index contributed by atoms with van der Waals surface area (Å²) in [5.74, 6) is -0.378. The fourth-order valence-corrected chi connectivity index (χ4v) is 2.66. The van der Waals surface area contributed by atoms with Gasteiger partial charge in [-0.25, -0.2) is 0 Å². The summed E-state index contributed by atoms with van der Waals surface area (Å²) in [7, 11) is 0. The van der Waals surface area contributed by atoms with Gasteiger partial charge in [-0.15, -0.1) is 0 Å². The van der Waals surface area contributed by atoms with Gasteiger partial charge in [-0.2, -0.15) is 0 Å². The van der Waals surface area contributed by atoms with Gasteiger partial charge in [-0.1, -0.05) is 42.5 Å². The predicted molar refractivity (Wildman–Crippen MR) is 100 cm³/mol. The standard InChI is InChI=1S/C21H21NO4/c1-15(16-8-3-2-4-9-16)25-13-7-12-22-21(24)20-14-18(23)17-10-5-6-11-19(17)26-20/h2-6,8-11,14-15H,7,12-13H2,1H3,(H,22,24). The van der Waals surface area contributed by atoms with Crippen LogP contribution in [0.25, 0.3) is 11.0 Å². The third kappa shape index (κ3) is 4.37. The number of carbonyl (C=O) groups excluding carboxylic acids is 1. The second kappa shape index (κ2) is 8.45. The number of hydrogen-bond acceptors (Lipinski definition) is 4. The highest BCUT2D eigenvalue weighted by Gasteiger charge is 2.11. The van der Waals surface area contributed by atoms with Crippen LogP contribution in [0.2, 0.25) is 0 Å². The molecule has 0 aliphatic heterocycles. The number of nitrogens with one attached hydrogen (secondary N) is 1. The van der Waals surface area contributed by atoms with Crippen molar-refractivity contribution in [2.45, 2.75) is 19.4 Å². The van der Waals surface area contributed by atoms with E-state index in [1.807, 2.05) is 37.3 Å². The molecular weight excluding hydrogens is 330 g/mol. The smallest absolute Gasteiger partial charge is 0.287 e. The second-order valence-electron chi connectivity index (χ2n) is 6.00. The van der Waals surface area contributed by atoms with E-state index >= 15 is 0 Å². The zero-order chi connectivity index (χ0) is 18.4. The topological polar surface area (TPSA) is 68.5 Å². The van der Waals surface area contributed by atoms with Crippen molar-refractivity contribution in [3.8, 4) is 0 Å². The van der Waals surface area contributed by atoms with Gasteiger partial charge in [-0.05, 0) is 31.0 Å². The summed E-state index contributed by atoms with van der Waals surface area (Å²) in [5, 5.41) is 3.22. The SMILES string of the molecule is CC(OCCCNC(=O)c1cc(=O)c2ccccc2o1)c1ccccc1. The number of amides is 1.